The van der Waals surface area contributed by atoms with Gasteiger partial charge in [0.05, 0.1) is 5.69 Å². The van der Waals surface area contributed by atoms with E-state index in [4.69, 9.17) is 0 Å². The standard InChI is InChI=1S/C15H10F5NO2/c16-10-6-5-9(7-11(10)17)14(22)21-12-3-1-2-4-13(12)23-8-15(18,19)20/h1-7H,8H2,(H,21,22). The van der Waals surface area contributed by atoms with Gasteiger partial charge in [-0.2, -0.15) is 13.2 Å². The van der Waals surface area contributed by atoms with Gasteiger partial charge in [0, 0.05) is 5.56 Å². The predicted octanol–water partition coefficient (Wildman–Crippen LogP) is 4.16. The van der Waals surface area contributed by atoms with Crippen molar-refractivity contribution in [1.82, 2.24) is 0 Å². The van der Waals surface area contributed by atoms with Gasteiger partial charge in [0.1, 0.15) is 5.75 Å². The maximum absolute atomic E-state index is 13.1. The van der Waals surface area contributed by atoms with Crippen molar-refractivity contribution in [3.8, 4) is 5.75 Å². The molecule has 0 saturated carbocycles. The fourth-order valence-electron chi connectivity index (χ4n) is 1.69. The molecule has 0 radical (unpaired) electrons. The Morgan fingerprint density at radius 3 is 2.39 bits per heavy atom. The van der Waals surface area contributed by atoms with Gasteiger partial charge in [-0.1, -0.05) is 12.1 Å². The number of rotatable bonds is 4. The van der Waals surface area contributed by atoms with E-state index >= 15 is 0 Å². The van der Waals surface area contributed by atoms with Gasteiger partial charge in [0.25, 0.3) is 5.91 Å². The number of anilines is 1. The van der Waals surface area contributed by atoms with Gasteiger partial charge in [0.2, 0.25) is 0 Å². The van der Waals surface area contributed by atoms with Crippen LogP contribution in [0.5, 0.6) is 5.75 Å². The molecule has 0 unspecified atom stereocenters. The molecule has 8 heteroatoms. The van der Waals surface area contributed by atoms with Crippen molar-refractivity contribution in [2.75, 3.05) is 11.9 Å². The molecule has 1 amide bonds. The molecular formula is C15H10F5NO2. The van der Waals surface area contributed by atoms with E-state index in [9.17, 15) is 26.7 Å². The first kappa shape index (κ1) is 16.7. The molecule has 0 aliphatic heterocycles. The third-order valence-corrected chi connectivity index (χ3v) is 2.71. The number of amides is 1. The van der Waals surface area contributed by atoms with Gasteiger partial charge >= 0.3 is 6.18 Å². The van der Waals surface area contributed by atoms with Gasteiger partial charge in [-0.15, -0.1) is 0 Å². The summed E-state index contributed by atoms with van der Waals surface area (Å²) < 4.78 is 67.1. The zero-order chi connectivity index (χ0) is 17.0. The average molecular weight is 331 g/mol. The lowest BCUT2D eigenvalue weighted by Gasteiger charge is -2.13. The number of carbonyl (C=O) groups is 1. The predicted molar refractivity (Wildman–Crippen MR) is 72.3 cm³/mol. The Balaban J connectivity index is 2.16. The van der Waals surface area contributed by atoms with Crippen LogP contribution in [0, 0.1) is 11.6 Å². The molecule has 23 heavy (non-hydrogen) atoms. The average Bonchev–Trinajstić information content (AvgIpc) is 2.48. The highest BCUT2D eigenvalue weighted by Gasteiger charge is 2.28. The molecule has 0 aliphatic carbocycles. The third-order valence-electron chi connectivity index (χ3n) is 2.71. The van der Waals surface area contributed by atoms with Crippen LogP contribution >= 0.6 is 0 Å². The third kappa shape index (κ3) is 4.67. The lowest BCUT2D eigenvalue weighted by atomic mass is 10.2. The number of ether oxygens (including phenoxy) is 1. The van der Waals surface area contributed by atoms with Crippen molar-refractivity contribution in [2.24, 2.45) is 0 Å². The number of halogens is 5. The normalized spacial score (nSPS) is 11.2. The van der Waals surface area contributed by atoms with Crippen molar-refractivity contribution in [3.05, 3.63) is 59.7 Å². The summed E-state index contributed by atoms with van der Waals surface area (Å²) in [5, 5.41) is 2.29. The van der Waals surface area contributed by atoms with Crippen LogP contribution in [0.4, 0.5) is 27.6 Å². The molecule has 3 nitrogen and oxygen atoms in total. The summed E-state index contributed by atoms with van der Waals surface area (Å²) in [5.74, 6) is -3.33. The van der Waals surface area contributed by atoms with Crippen LogP contribution in [0.25, 0.3) is 0 Å². The van der Waals surface area contributed by atoms with Crippen LogP contribution in [0.15, 0.2) is 42.5 Å². The Morgan fingerprint density at radius 1 is 1.04 bits per heavy atom. The fraction of sp³-hybridized carbons (Fsp3) is 0.133. The highest BCUT2D eigenvalue weighted by atomic mass is 19.4. The zero-order valence-electron chi connectivity index (χ0n) is 11.5. The lowest BCUT2D eigenvalue weighted by molar-refractivity contribution is -0.153. The molecule has 0 saturated heterocycles. The van der Waals surface area contributed by atoms with Gasteiger partial charge in [-0.05, 0) is 30.3 Å². The first-order valence-electron chi connectivity index (χ1n) is 6.31. The van der Waals surface area contributed by atoms with Crippen molar-refractivity contribution in [2.45, 2.75) is 6.18 Å². The molecular weight excluding hydrogens is 321 g/mol. The van der Waals surface area contributed by atoms with Crippen molar-refractivity contribution in [3.63, 3.8) is 0 Å². The SMILES string of the molecule is O=C(Nc1ccccc1OCC(F)(F)F)c1ccc(F)c(F)c1. The molecule has 2 rings (SSSR count). The number of hydrogen-bond acceptors (Lipinski definition) is 2. The van der Waals surface area contributed by atoms with Crippen molar-refractivity contribution >= 4 is 11.6 Å². The molecule has 0 atom stereocenters. The minimum Gasteiger partial charge on any atom is -0.482 e. The second-order valence-corrected chi connectivity index (χ2v) is 4.48. The summed E-state index contributed by atoms with van der Waals surface area (Å²) in [6.45, 7) is -1.52. The van der Waals surface area contributed by atoms with Gasteiger partial charge in [-0.3, -0.25) is 4.79 Å². The van der Waals surface area contributed by atoms with Crippen LogP contribution in [0.1, 0.15) is 10.4 Å². The smallest absolute Gasteiger partial charge is 0.422 e. The highest BCUT2D eigenvalue weighted by Crippen LogP contribution is 2.26. The van der Waals surface area contributed by atoms with Gasteiger partial charge in [-0.25, -0.2) is 8.78 Å². The molecule has 0 bridgehead atoms. The summed E-state index contributed by atoms with van der Waals surface area (Å²) in [6.07, 6.45) is -4.53. The van der Waals surface area contributed by atoms with Crippen molar-refractivity contribution < 1.29 is 31.5 Å². The highest BCUT2D eigenvalue weighted by molar-refractivity contribution is 6.05. The van der Waals surface area contributed by atoms with E-state index in [1.165, 1.54) is 24.3 Å². The number of hydrogen-bond donors (Lipinski definition) is 1. The van der Waals surface area contributed by atoms with E-state index in [0.717, 1.165) is 12.1 Å². The number of carbonyl (C=O) groups excluding carboxylic acids is 1. The van der Waals surface area contributed by atoms with Crippen LogP contribution in [-0.2, 0) is 0 Å². The van der Waals surface area contributed by atoms with Crippen molar-refractivity contribution in [1.29, 1.82) is 0 Å². The molecule has 2 aromatic rings. The zero-order valence-corrected chi connectivity index (χ0v) is 11.5. The van der Waals surface area contributed by atoms with E-state index in [0.29, 0.717) is 6.07 Å². The minimum atomic E-state index is -4.53. The number of alkyl halides is 3. The summed E-state index contributed by atoms with van der Waals surface area (Å²) in [7, 11) is 0. The Labute approximate surface area is 127 Å². The second-order valence-electron chi connectivity index (χ2n) is 4.48. The summed E-state index contributed by atoms with van der Waals surface area (Å²) >= 11 is 0. The maximum atomic E-state index is 13.1. The van der Waals surface area contributed by atoms with Crippen LogP contribution in [0.2, 0.25) is 0 Å². The molecule has 0 fully saturated rings. The number of para-hydroxylation sites is 2. The van der Waals surface area contributed by atoms with Crippen LogP contribution in [-0.4, -0.2) is 18.7 Å². The molecule has 1 N–H and O–H groups in total. The van der Waals surface area contributed by atoms with E-state index in [2.05, 4.69) is 10.1 Å². The molecule has 0 aliphatic rings. The Hall–Kier alpha value is -2.64. The first-order valence-corrected chi connectivity index (χ1v) is 6.31. The molecule has 2 aromatic carbocycles. The maximum Gasteiger partial charge on any atom is 0.422 e. The minimum absolute atomic E-state index is 0.0218. The van der Waals surface area contributed by atoms with Crippen LogP contribution < -0.4 is 10.1 Å². The van der Waals surface area contributed by atoms with E-state index in [1.807, 2.05) is 0 Å². The van der Waals surface area contributed by atoms with Crippen LogP contribution in [0.3, 0.4) is 0 Å². The Bertz CT molecular complexity index is 715. The quantitative estimate of drug-likeness (QED) is 0.855. The molecule has 0 aromatic heterocycles. The van der Waals surface area contributed by atoms with Gasteiger partial charge in [0.15, 0.2) is 18.2 Å². The molecule has 122 valence electrons. The topological polar surface area (TPSA) is 38.3 Å². The fourth-order valence-corrected chi connectivity index (χ4v) is 1.69. The first-order chi connectivity index (χ1) is 10.8. The number of nitrogens with one attached hydrogen (secondary N) is 1. The second kappa shape index (κ2) is 6.64. The Morgan fingerprint density at radius 2 is 1.74 bits per heavy atom. The van der Waals surface area contributed by atoms with E-state index < -0.39 is 30.3 Å². The molecule has 0 spiro atoms. The number of benzene rings is 2. The van der Waals surface area contributed by atoms with Gasteiger partial charge < -0.3 is 10.1 Å². The molecule has 0 heterocycles. The lowest BCUT2D eigenvalue weighted by Crippen LogP contribution is -2.20. The van der Waals surface area contributed by atoms with E-state index in [-0.39, 0.29) is 17.0 Å². The summed E-state index contributed by atoms with van der Waals surface area (Å²) in [5.41, 5.74) is -0.207. The summed E-state index contributed by atoms with van der Waals surface area (Å²) in [4.78, 5) is 12.0. The summed E-state index contributed by atoms with van der Waals surface area (Å²) in [6, 6.07) is 7.98. The Kier molecular flexibility index (Phi) is 4.83. The monoisotopic (exact) mass is 331 g/mol. The largest absolute Gasteiger partial charge is 0.482 e. The van der Waals surface area contributed by atoms with E-state index in [1.54, 1.807) is 0 Å².